The van der Waals surface area contributed by atoms with Crippen molar-refractivity contribution in [3.05, 3.63) is 95.6 Å². The topological polar surface area (TPSA) is 79.5 Å². The maximum atomic E-state index is 12.6. The van der Waals surface area contributed by atoms with Gasteiger partial charge in [-0.3, -0.25) is 9.59 Å². The minimum Gasteiger partial charge on any atom is -0.497 e. The molecule has 0 aliphatic rings. The lowest BCUT2D eigenvalue weighted by molar-refractivity contribution is -0.119. The van der Waals surface area contributed by atoms with Crippen LogP contribution >= 0.6 is 0 Å². The summed E-state index contributed by atoms with van der Waals surface area (Å²) in [4.78, 5) is 24.8. The maximum Gasteiger partial charge on any atom is 0.251 e. The number of carbonyl (C=O) groups is 2. The number of hydrogen-bond acceptors (Lipinski definition) is 4. The van der Waals surface area contributed by atoms with Gasteiger partial charge in [-0.25, -0.2) is 0 Å². The van der Waals surface area contributed by atoms with Gasteiger partial charge in [0.05, 0.1) is 19.7 Å². The zero-order valence-electron chi connectivity index (χ0n) is 17.7. The first-order valence-corrected chi connectivity index (χ1v) is 10.1. The van der Waals surface area contributed by atoms with Gasteiger partial charge in [0.15, 0.2) is 0 Å². The summed E-state index contributed by atoms with van der Waals surface area (Å²) in [7, 11) is 1.62. The number of ether oxygens (including phenoxy) is 1. The highest BCUT2D eigenvalue weighted by Gasteiger charge is 2.12. The zero-order chi connectivity index (χ0) is 22.1. The van der Waals surface area contributed by atoms with Gasteiger partial charge in [-0.15, -0.1) is 0 Å². The second-order valence-corrected chi connectivity index (χ2v) is 7.16. The van der Waals surface area contributed by atoms with Gasteiger partial charge >= 0.3 is 0 Å². The number of nitrogens with one attached hydrogen (secondary N) is 3. The van der Waals surface area contributed by atoms with Crippen LogP contribution in [-0.2, 0) is 11.3 Å². The molecule has 3 N–H and O–H groups in total. The van der Waals surface area contributed by atoms with E-state index in [0.29, 0.717) is 17.8 Å². The molecule has 0 aliphatic heterocycles. The van der Waals surface area contributed by atoms with Crippen LogP contribution in [0.3, 0.4) is 0 Å². The van der Waals surface area contributed by atoms with Gasteiger partial charge in [0.25, 0.3) is 5.91 Å². The second kappa shape index (κ2) is 10.8. The number of benzene rings is 3. The fourth-order valence-electron chi connectivity index (χ4n) is 3.06. The van der Waals surface area contributed by atoms with Crippen LogP contribution in [0.1, 0.15) is 34.5 Å². The average molecular weight is 418 g/mol. The Labute approximate surface area is 182 Å². The van der Waals surface area contributed by atoms with Crippen molar-refractivity contribution < 1.29 is 14.3 Å². The van der Waals surface area contributed by atoms with E-state index in [0.717, 1.165) is 16.9 Å². The van der Waals surface area contributed by atoms with Gasteiger partial charge in [-0.1, -0.05) is 48.5 Å². The van der Waals surface area contributed by atoms with Crippen LogP contribution in [0.2, 0.25) is 0 Å². The number of methoxy groups -OCH3 is 1. The molecule has 0 aliphatic carbocycles. The highest BCUT2D eigenvalue weighted by molar-refractivity contribution is 5.95. The van der Waals surface area contributed by atoms with Crippen LogP contribution in [0.5, 0.6) is 5.75 Å². The number of carbonyl (C=O) groups excluding carboxylic acids is 2. The number of rotatable bonds is 9. The Balaban J connectivity index is 1.49. The Bertz CT molecular complexity index is 1000. The van der Waals surface area contributed by atoms with Crippen LogP contribution in [0.25, 0.3) is 0 Å². The van der Waals surface area contributed by atoms with Crippen LogP contribution < -0.4 is 20.7 Å². The molecule has 0 heterocycles. The average Bonchev–Trinajstić information content (AvgIpc) is 2.82. The zero-order valence-corrected chi connectivity index (χ0v) is 17.7. The molecule has 6 heteroatoms. The number of anilines is 1. The van der Waals surface area contributed by atoms with E-state index in [9.17, 15) is 9.59 Å². The van der Waals surface area contributed by atoms with Crippen molar-refractivity contribution in [2.45, 2.75) is 19.5 Å². The van der Waals surface area contributed by atoms with Gasteiger partial charge in [0.1, 0.15) is 5.75 Å². The lowest BCUT2D eigenvalue weighted by Crippen LogP contribution is -2.29. The summed E-state index contributed by atoms with van der Waals surface area (Å²) >= 11 is 0. The normalized spacial score (nSPS) is 11.3. The fourth-order valence-corrected chi connectivity index (χ4v) is 3.06. The van der Waals surface area contributed by atoms with Crippen molar-refractivity contribution in [3.63, 3.8) is 0 Å². The quantitative estimate of drug-likeness (QED) is 0.493. The van der Waals surface area contributed by atoms with Gasteiger partial charge in [0, 0.05) is 17.8 Å². The first-order valence-electron chi connectivity index (χ1n) is 10.1. The molecule has 3 aromatic carbocycles. The molecule has 0 spiro atoms. The van der Waals surface area contributed by atoms with Crippen molar-refractivity contribution in [2.75, 3.05) is 19.0 Å². The summed E-state index contributed by atoms with van der Waals surface area (Å²) in [6.07, 6.45) is 0. The summed E-state index contributed by atoms with van der Waals surface area (Å²) in [5.74, 6) is 0.478. The predicted molar refractivity (Wildman–Crippen MR) is 122 cm³/mol. The molecule has 1 atom stereocenters. The molecule has 1 unspecified atom stereocenters. The second-order valence-electron chi connectivity index (χ2n) is 7.16. The van der Waals surface area contributed by atoms with Gasteiger partial charge < -0.3 is 20.7 Å². The van der Waals surface area contributed by atoms with E-state index in [-0.39, 0.29) is 24.4 Å². The molecule has 3 aromatic rings. The Morgan fingerprint density at radius 1 is 0.935 bits per heavy atom. The number of amides is 2. The van der Waals surface area contributed by atoms with Crippen molar-refractivity contribution in [1.29, 1.82) is 0 Å². The summed E-state index contributed by atoms with van der Waals surface area (Å²) in [5, 5.41) is 8.93. The largest absolute Gasteiger partial charge is 0.497 e. The molecule has 6 nitrogen and oxygen atoms in total. The molecule has 3 rings (SSSR count). The van der Waals surface area contributed by atoms with E-state index < -0.39 is 0 Å². The first-order chi connectivity index (χ1) is 15.0. The van der Waals surface area contributed by atoms with E-state index >= 15 is 0 Å². The van der Waals surface area contributed by atoms with Crippen LogP contribution in [-0.4, -0.2) is 25.5 Å². The highest BCUT2D eigenvalue weighted by Crippen LogP contribution is 2.15. The summed E-state index contributed by atoms with van der Waals surface area (Å²) in [6, 6.07) is 24.3. The molecular weight excluding hydrogens is 390 g/mol. The lowest BCUT2D eigenvalue weighted by Gasteiger charge is -2.15. The molecule has 0 bridgehead atoms. The third kappa shape index (κ3) is 6.60. The molecule has 0 saturated heterocycles. The monoisotopic (exact) mass is 417 g/mol. The van der Waals surface area contributed by atoms with Crippen LogP contribution in [0.4, 0.5) is 5.69 Å². The molecule has 2 amide bonds. The molecule has 0 saturated carbocycles. The Morgan fingerprint density at radius 3 is 2.39 bits per heavy atom. The SMILES string of the molecule is COc1ccc(CNC(=O)CNc2cccc(C(=O)NC(C)c3ccccc3)c2)cc1. The van der Waals surface area contributed by atoms with Crippen molar-refractivity contribution in [1.82, 2.24) is 10.6 Å². The predicted octanol–water partition coefficient (Wildman–Crippen LogP) is 3.91. The van der Waals surface area contributed by atoms with Crippen molar-refractivity contribution in [3.8, 4) is 5.75 Å². The standard InChI is InChI=1S/C25H27N3O3/c1-18(20-7-4-3-5-8-20)28-25(30)21-9-6-10-22(15-21)26-17-24(29)27-16-19-11-13-23(31-2)14-12-19/h3-15,18,26H,16-17H2,1-2H3,(H,27,29)(H,28,30). The Morgan fingerprint density at radius 2 is 1.68 bits per heavy atom. The molecule has 0 radical (unpaired) electrons. The smallest absolute Gasteiger partial charge is 0.251 e. The van der Waals surface area contributed by atoms with E-state index in [1.54, 1.807) is 25.3 Å². The Kier molecular flexibility index (Phi) is 7.65. The molecule has 160 valence electrons. The summed E-state index contributed by atoms with van der Waals surface area (Å²) < 4.78 is 5.13. The highest BCUT2D eigenvalue weighted by atomic mass is 16.5. The summed E-state index contributed by atoms with van der Waals surface area (Å²) in [5.41, 5.74) is 3.27. The molecular formula is C25H27N3O3. The number of hydrogen-bond donors (Lipinski definition) is 3. The van der Waals surface area contributed by atoms with Gasteiger partial charge in [0.2, 0.25) is 5.91 Å². The third-order valence-electron chi connectivity index (χ3n) is 4.87. The van der Waals surface area contributed by atoms with E-state index in [4.69, 9.17) is 4.74 Å². The van der Waals surface area contributed by atoms with Crippen LogP contribution in [0.15, 0.2) is 78.9 Å². The van der Waals surface area contributed by atoms with E-state index in [1.165, 1.54) is 0 Å². The van der Waals surface area contributed by atoms with Crippen LogP contribution in [0, 0.1) is 0 Å². The van der Waals surface area contributed by atoms with Crippen molar-refractivity contribution in [2.24, 2.45) is 0 Å². The summed E-state index contributed by atoms with van der Waals surface area (Å²) in [6.45, 7) is 2.49. The van der Waals surface area contributed by atoms with E-state index in [1.807, 2.05) is 67.6 Å². The first kappa shape index (κ1) is 21.9. The maximum absolute atomic E-state index is 12.6. The third-order valence-corrected chi connectivity index (χ3v) is 4.87. The minimum absolute atomic E-state index is 0.103. The molecule has 31 heavy (non-hydrogen) atoms. The van der Waals surface area contributed by atoms with Gasteiger partial charge in [-0.05, 0) is 48.4 Å². The Hall–Kier alpha value is -3.80. The van der Waals surface area contributed by atoms with Gasteiger partial charge in [-0.2, -0.15) is 0 Å². The molecule has 0 fully saturated rings. The lowest BCUT2D eigenvalue weighted by atomic mass is 10.1. The fraction of sp³-hybridized carbons (Fsp3) is 0.200. The molecule has 0 aromatic heterocycles. The minimum atomic E-state index is -0.163. The van der Waals surface area contributed by atoms with Crippen molar-refractivity contribution >= 4 is 17.5 Å². The van der Waals surface area contributed by atoms with E-state index in [2.05, 4.69) is 16.0 Å².